The van der Waals surface area contributed by atoms with Crippen molar-refractivity contribution in [2.45, 2.75) is 59.4 Å². The summed E-state index contributed by atoms with van der Waals surface area (Å²) in [6.07, 6.45) is -0.907. The minimum atomic E-state index is -0.907. The van der Waals surface area contributed by atoms with Crippen LogP contribution in [-0.2, 0) is 20.9 Å². The number of furan rings is 1. The maximum absolute atomic E-state index is 12.7. The topological polar surface area (TPSA) is 69.0 Å². The molecule has 1 aromatic carbocycles. The number of amides is 1. The van der Waals surface area contributed by atoms with Crippen molar-refractivity contribution in [2.24, 2.45) is 0 Å². The molecule has 2 aromatic rings. The van der Waals surface area contributed by atoms with Crippen LogP contribution in [-0.4, -0.2) is 42.1 Å². The highest BCUT2D eigenvalue weighted by molar-refractivity contribution is 5.97. The molecule has 0 saturated carbocycles. The summed E-state index contributed by atoms with van der Waals surface area (Å²) in [5.74, 6) is -0.817. The van der Waals surface area contributed by atoms with Gasteiger partial charge in [0, 0.05) is 30.1 Å². The SMILES string of the molecule is COCc1c(C(=O)OC(C)C(=O)N(C(C)C)C(C)C)oc2ccccc12. The summed E-state index contributed by atoms with van der Waals surface area (Å²) in [4.78, 5) is 27.0. The van der Waals surface area contributed by atoms with Crippen LogP contribution < -0.4 is 0 Å². The van der Waals surface area contributed by atoms with E-state index < -0.39 is 12.1 Å². The highest BCUT2D eigenvalue weighted by Crippen LogP contribution is 2.27. The van der Waals surface area contributed by atoms with Gasteiger partial charge in [0.1, 0.15) is 5.58 Å². The second-order valence-corrected chi connectivity index (χ2v) is 6.82. The van der Waals surface area contributed by atoms with Crippen molar-refractivity contribution >= 4 is 22.8 Å². The van der Waals surface area contributed by atoms with Crippen molar-refractivity contribution in [1.82, 2.24) is 4.90 Å². The van der Waals surface area contributed by atoms with Gasteiger partial charge in [-0.3, -0.25) is 4.79 Å². The van der Waals surface area contributed by atoms with Gasteiger partial charge < -0.3 is 18.8 Å². The van der Waals surface area contributed by atoms with E-state index in [0.717, 1.165) is 5.39 Å². The number of methoxy groups -OCH3 is 1. The largest absolute Gasteiger partial charge is 0.449 e. The number of esters is 1. The molecule has 1 unspecified atom stereocenters. The van der Waals surface area contributed by atoms with Gasteiger partial charge in [-0.2, -0.15) is 0 Å². The standard InChI is InChI=1S/C20H27NO5/c1-12(2)21(13(3)4)19(22)14(5)25-20(23)18-16(11-24-6)15-9-7-8-10-17(15)26-18/h7-10,12-14H,11H2,1-6H3. The molecule has 0 fully saturated rings. The Hall–Kier alpha value is -2.34. The molecule has 26 heavy (non-hydrogen) atoms. The van der Waals surface area contributed by atoms with Crippen LogP contribution in [0.4, 0.5) is 0 Å². The molecule has 0 aliphatic rings. The van der Waals surface area contributed by atoms with E-state index in [0.29, 0.717) is 11.1 Å². The van der Waals surface area contributed by atoms with Crippen LogP contribution in [0, 0.1) is 0 Å². The Balaban J connectivity index is 2.25. The lowest BCUT2D eigenvalue weighted by molar-refractivity contribution is -0.143. The maximum atomic E-state index is 12.7. The van der Waals surface area contributed by atoms with E-state index in [1.165, 1.54) is 0 Å². The summed E-state index contributed by atoms with van der Waals surface area (Å²) in [6, 6.07) is 7.35. The van der Waals surface area contributed by atoms with Crippen LogP contribution in [0.2, 0.25) is 0 Å². The number of ether oxygens (including phenoxy) is 2. The third-order valence-corrected chi connectivity index (χ3v) is 4.17. The lowest BCUT2D eigenvalue weighted by atomic mass is 10.1. The van der Waals surface area contributed by atoms with Crippen LogP contribution >= 0.6 is 0 Å². The summed E-state index contributed by atoms with van der Waals surface area (Å²) < 4.78 is 16.3. The average Bonchev–Trinajstić information content (AvgIpc) is 2.93. The number of hydrogen-bond acceptors (Lipinski definition) is 5. The average molecular weight is 361 g/mol. The molecule has 142 valence electrons. The predicted octanol–water partition coefficient (Wildman–Crippen LogP) is 3.77. The van der Waals surface area contributed by atoms with Crippen molar-refractivity contribution < 1.29 is 23.5 Å². The van der Waals surface area contributed by atoms with E-state index in [1.807, 2.05) is 45.9 Å². The van der Waals surface area contributed by atoms with Gasteiger partial charge in [-0.05, 0) is 40.7 Å². The molecule has 0 aliphatic carbocycles. The normalized spacial score (nSPS) is 12.6. The van der Waals surface area contributed by atoms with E-state index in [4.69, 9.17) is 13.9 Å². The van der Waals surface area contributed by atoms with E-state index in [-0.39, 0.29) is 30.4 Å². The molecule has 0 radical (unpaired) electrons. The van der Waals surface area contributed by atoms with E-state index in [2.05, 4.69) is 0 Å². The zero-order chi connectivity index (χ0) is 19.4. The number of benzene rings is 1. The van der Waals surface area contributed by atoms with Crippen LogP contribution in [0.25, 0.3) is 11.0 Å². The number of para-hydroxylation sites is 1. The number of carbonyl (C=O) groups excluding carboxylic acids is 2. The lowest BCUT2D eigenvalue weighted by Gasteiger charge is -2.32. The highest BCUT2D eigenvalue weighted by Gasteiger charge is 2.30. The Morgan fingerprint density at radius 2 is 1.69 bits per heavy atom. The molecule has 1 heterocycles. The third-order valence-electron chi connectivity index (χ3n) is 4.17. The highest BCUT2D eigenvalue weighted by atomic mass is 16.6. The van der Waals surface area contributed by atoms with Gasteiger partial charge in [-0.25, -0.2) is 4.79 Å². The fraction of sp³-hybridized carbons (Fsp3) is 0.500. The number of carbonyl (C=O) groups is 2. The molecule has 0 N–H and O–H groups in total. The first-order valence-corrected chi connectivity index (χ1v) is 8.80. The van der Waals surface area contributed by atoms with Gasteiger partial charge in [-0.1, -0.05) is 18.2 Å². The summed E-state index contributed by atoms with van der Waals surface area (Å²) in [7, 11) is 1.55. The molecular formula is C20H27NO5. The van der Waals surface area contributed by atoms with Gasteiger partial charge in [-0.15, -0.1) is 0 Å². The number of rotatable bonds is 7. The second-order valence-electron chi connectivity index (χ2n) is 6.82. The van der Waals surface area contributed by atoms with E-state index in [9.17, 15) is 9.59 Å². The van der Waals surface area contributed by atoms with Gasteiger partial charge in [0.2, 0.25) is 5.76 Å². The van der Waals surface area contributed by atoms with Crippen molar-refractivity contribution in [3.8, 4) is 0 Å². The first-order chi connectivity index (χ1) is 12.3. The zero-order valence-corrected chi connectivity index (χ0v) is 16.2. The van der Waals surface area contributed by atoms with Crippen molar-refractivity contribution in [1.29, 1.82) is 0 Å². The fourth-order valence-electron chi connectivity index (χ4n) is 3.13. The zero-order valence-electron chi connectivity index (χ0n) is 16.2. The van der Waals surface area contributed by atoms with Crippen LogP contribution in [0.5, 0.6) is 0 Å². The van der Waals surface area contributed by atoms with Crippen molar-refractivity contribution in [3.63, 3.8) is 0 Å². The Labute approximate surface area is 154 Å². The quantitative estimate of drug-likeness (QED) is 0.702. The summed E-state index contributed by atoms with van der Waals surface area (Å²) >= 11 is 0. The number of hydrogen-bond donors (Lipinski definition) is 0. The van der Waals surface area contributed by atoms with Crippen molar-refractivity contribution in [2.75, 3.05) is 7.11 Å². The lowest BCUT2D eigenvalue weighted by Crippen LogP contribution is -2.47. The minimum absolute atomic E-state index is 0.0129. The molecule has 0 bridgehead atoms. The molecular weight excluding hydrogens is 334 g/mol. The molecule has 0 aliphatic heterocycles. The first-order valence-electron chi connectivity index (χ1n) is 8.80. The predicted molar refractivity (Wildman–Crippen MR) is 98.9 cm³/mol. The smallest absolute Gasteiger partial charge is 0.375 e. The molecule has 6 nitrogen and oxygen atoms in total. The maximum Gasteiger partial charge on any atom is 0.375 e. The summed E-state index contributed by atoms with van der Waals surface area (Å²) in [5.41, 5.74) is 1.20. The second kappa shape index (κ2) is 8.36. The van der Waals surface area contributed by atoms with Crippen LogP contribution in [0.1, 0.15) is 50.7 Å². The third kappa shape index (κ3) is 4.07. The Kier molecular flexibility index (Phi) is 6.42. The van der Waals surface area contributed by atoms with Gasteiger partial charge in [0.15, 0.2) is 6.10 Å². The fourth-order valence-corrected chi connectivity index (χ4v) is 3.13. The number of fused-ring (bicyclic) bond motifs is 1. The molecule has 6 heteroatoms. The first kappa shape index (κ1) is 20.0. The molecule has 0 spiro atoms. The van der Waals surface area contributed by atoms with Crippen molar-refractivity contribution in [3.05, 3.63) is 35.6 Å². The van der Waals surface area contributed by atoms with Gasteiger partial charge in [0.05, 0.1) is 6.61 Å². The number of nitrogens with zero attached hydrogens (tertiary/aromatic N) is 1. The van der Waals surface area contributed by atoms with Crippen LogP contribution in [0.3, 0.4) is 0 Å². The monoisotopic (exact) mass is 361 g/mol. The van der Waals surface area contributed by atoms with Crippen LogP contribution in [0.15, 0.2) is 28.7 Å². The Bertz CT molecular complexity index is 770. The van der Waals surface area contributed by atoms with Gasteiger partial charge in [0.25, 0.3) is 5.91 Å². The summed E-state index contributed by atoms with van der Waals surface area (Å²) in [5, 5.41) is 0.797. The van der Waals surface area contributed by atoms with Gasteiger partial charge >= 0.3 is 5.97 Å². The molecule has 0 saturated heterocycles. The molecule has 1 amide bonds. The molecule has 1 atom stereocenters. The summed E-state index contributed by atoms with van der Waals surface area (Å²) in [6.45, 7) is 9.53. The molecule has 2 rings (SSSR count). The van der Waals surface area contributed by atoms with E-state index in [1.54, 1.807) is 25.0 Å². The molecule has 1 aromatic heterocycles. The Morgan fingerprint density at radius 1 is 1.08 bits per heavy atom. The Morgan fingerprint density at radius 3 is 2.27 bits per heavy atom. The minimum Gasteiger partial charge on any atom is -0.449 e. The van der Waals surface area contributed by atoms with E-state index >= 15 is 0 Å².